The van der Waals surface area contributed by atoms with Crippen molar-refractivity contribution in [3.63, 3.8) is 0 Å². The highest BCUT2D eigenvalue weighted by Crippen LogP contribution is 2.18. The highest BCUT2D eigenvalue weighted by molar-refractivity contribution is 5.92. The minimum absolute atomic E-state index is 0.0863. The first kappa shape index (κ1) is 15.4. The van der Waals surface area contributed by atoms with Crippen molar-refractivity contribution in [3.05, 3.63) is 47.9 Å². The molecule has 1 amide bonds. The third kappa shape index (κ3) is 3.83. The Hall–Kier alpha value is -2.50. The van der Waals surface area contributed by atoms with E-state index in [0.29, 0.717) is 17.2 Å². The summed E-state index contributed by atoms with van der Waals surface area (Å²) in [6, 6.07) is 9.61. The average molecular weight is 314 g/mol. The predicted octanol–water partition coefficient (Wildman–Crippen LogP) is 3.38. The number of para-hydroxylation sites is 1. The minimum Gasteiger partial charge on any atom is -0.337 e. The van der Waals surface area contributed by atoms with Crippen molar-refractivity contribution in [2.45, 2.75) is 25.7 Å². The largest absolute Gasteiger partial charge is 0.337 e. The van der Waals surface area contributed by atoms with Gasteiger partial charge >= 0.3 is 0 Å². The molecule has 0 saturated carbocycles. The van der Waals surface area contributed by atoms with E-state index >= 15 is 0 Å². The van der Waals surface area contributed by atoms with Crippen LogP contribution in [0.25, 0.3) is 0 Å². The minimum atomic E-state index is -0.362. The summed E-state index contributed by atoms with van der Waals surface area (Å²) >= 11 is 0. The quantitative estimate of drug-likeness (QED) is 0.943. The van der Waals surface area contributed by atoms with E-state index in [0.717, 1.165) is 25.9 Å². The number of likely N-dealkylation sites (tertiary alicyclic amines) is 1. The predicted molar refractivity (Wildman–Crippen MR) is 86.1 cm³/mol. The molecule has 23 heavy (non-hydrogen) atoms. The number of benzene rings is 1. The number of carbonyl (C=O) groups excluding carboxylic acids is 1. The molecule has 0 bridgehead atoms. The summed E-state index contributed by atoms with van der Waals surface area (Å²) in [5, 5.41) is 10.8. The van der Waals surface area contributed by atoms with Crippen molar-refractivity contribution in [1.29, 1.82) is 0 Å². The van der Waals surface area contributed by atoms with Gasteiger partial charge in [-0.2, -0.15) is 0 Å². The molecule has 1 saturated heterocycles. The van der Waals surface area contributed by atoms with E-state index in [4.69, 9.17) is 0 Å². The van der Waals surface area contributed by atoms with Gasteiger partial charge < -0.3 is 10.2 Å². The zero-order valence-electron chi connectivity index (χ0n) is 12.8. The number of anilines is 2. The van der Waals surface area contributed by atoms with Gasteiger partial charge in [0.15, 0.2) is 11.5 Å². The van der Waals surface area contributed by atoms with E-state index in [2.05, 4.69) is 15.5 Å². The molecule has 1 fully saturated rings. The molecule has 0 unspecified atom stereocenters. The maximum Gasteiger partial charge on any atom is 0.274 e. The van der Waals surface area contributed by atoms with E-state index in [1.54, 1.807) is 30.3 Å². The first-order valence-corrected chi connectivity index (χ1v) is 7.88. The summed E-state index contributed by atoms with van der Waals surface area (Å²) in [5.41, 5.74) is 0.652. The lowest BCUT2D eigenvalue weighted by molar-refractivity contribution is 0.0754. The fraction of sp³-hybridized carbons (Fsp3) is 0.353. The summed E-state index contributed by atoms with van der Waals surface area (Å²) < 4.78 is 13.6. The van der Waals surface area contributed by atoms with Gasteiger partial charge in [-0.3, -0.25) is 4.79 Å². The molecule has 0 spiro atoms. The molecule has 6 heteroatoms. The first-order valence-electron chi connectivity index (χ1n) is 7.88. The zero-order chi connectivity index (χ0) is 16.1. The van der Waals surface area contributed by atoms with Gasteiger partial charge in [0, 0.05) is 13.1 Å². The van der Waals surface area contributed by atoms with Crippen LogP contribution < -0.4 is 5.32 Å². The molecule has 1 aliphatic heterocycles. The number of rotatable bonds is 3. The molecule has 1 aromatic heterocycles. The van der Waals surface area contributed by atoms with Gasteiger partial charge in [-0.05, 0) is 37.1 Å². The van der Waals surface area contributed by atoms with Crippen LogP contribution in [0.5, 0.6) is 0 Å². The van der Waals surface area contributed by atoms with Gasteiger partial charge in [0.1, 0.15) is 5.82 Å². The number of halogens is 1. The van der Waals surface area contributed by atoms with Gasteiger partial charge in [0.2, 0.25) is 0 Å². The fourth-order valence-electron chi connectivity index (χ4n) is 2.65. The Morgan fingerprint density at radius 1 is 1.00 bits per heavy atom. The Labute approximate surface area is 134 Å². The first-order chi connectivity index (χ1) is 11.2. The van der Waals surface area contributed by atoms with Crippen LogP contribution in [0.2, 0.25) is 0 Å². The number of nitrogens with one attached hydrogen (secondary N) is 1. The molecule has 5 nitrogen and oxygen atoms in total. The maximum absolute atomic E-state index is 13.6. The second-order valence-corrected chi connectivity index (χ2v) is 5.62. The monoisotopic (exact) mass is 314 g/mol. The number of amides is 1. The van der Waals surface area contributed by atoms with E-state index in [-0.39, 0.29) is 11.7 Å². The van der Waals surface area contributed by atoms with Crippen LogP contribution in [-0.4, -0.2) is 34.1 Å². The van der Waals surface area contributed by atoms with Crippen LogP contribution >= 0.6 is 0 Å². The van der Waals surface area contributed by atoms with E-state index in [1.165, 1.54) is 18.9 Å². The second-order valence-electron chi connectivity index (χ2n) is 5.62. The smallest absolute Gasteiger partial charge is 0.274 e. The molecule has 1 aliphatic rings. The lowest BCUT2D eigenvalue weighted by Gasteiger charge is -2.19. The third-order valence-corrected chi connectivity index (χ3v) is 3.91. The van der Waals surface area contributed by atoms with Crippen molar-refractivity contribution in [1.82, 2.24) is 15.1 Å². The Bertz CT molecular complexity index is 667. The highest BCUT2D eigenvalue weighted by atomic mass is 19.1. The number of aromatic nitrogens is 2. The van der Waals surface area contributed by atoms with Gasteiger partial charge in [0.05, 0.1) is 5.69 Å². The molecule has 0 radical (unpaired) electrons. The standard InChI is InChI=1S/C17H19FN4O/c18-13-7-3-4-8-14(13)19-16-10-9-15(20-21-16)17(23)22-11-5-1-2-6-12-22/h3-4,7-10H,1-2,5-6,11-12H2,(H,19,21). The second kappa shape index (κ2) is 7.17. The van der Waals surface area contributed by atoms with Gasteiger partial charge in [-0.25, -0.2) is 4.39 Å². The summed E-state index contributed by atoms with van der Waals surface area (Å²) in [4.78, 5) is 14.3. The summed E-state index contributed by atoms with van der Waals surface area (Å²) in [7, 11) is 0. The topological polar surface area (TPSA) is 58.1 Å². The Kier molecular flexibility index (Phi) is 4.80. The van der Waals surface area contributed by atoms with Crippen molar-refractivity contribution < 1.29 is 9.18 Å². The van der Waals surface area contributed by atoms with Crippen molar-refractivity contribution in [2.24, 2.45) is 0 Å². The molecule has 0 atom stereocenters. The van der Waals surface area contributed by atoms with Crippen LogP contribution in [-0.2, 0) is 0 Å². The molecule has 2 aromatic rings. The Morgan fingerprint density at radius 2 is 1.74 bits per heavy atom. The lowest BCUT2D eigenvalue weighted by Crippen LogP contribution is -2.32. The van der Waals surface area contributed by atoms with Crippen LogP contribution in [0.4, 0.5) is 15.9 Å². The van der Waals surface area contributed by atoms with Crippen LogP contribution in [0.1, 0.15) is 36.2 Å². The average Bonchev–Trinajstić information content (AvgIpc) is 2.86. The van der Waals surface area contributed by atoms with E-state index in [9.17, 15) is 9.18 Å². The van der Waals surface area contributed by atoms with Crippen molar-refractivity contribution >= 4 is 17.4 Å². The summed E-state index contributed by atoms with van der Waals surface area (Å²) in [5.74, 6) is -0.0432. The van der Waals surface area contributed by atoms with Gasteiger partial charge in [-0.15, -0.1) is 10.2 Å². The fourth-order valence-corrected chi connectivity index (χ4v) is 2.65. The van der Waals surface area contributed by atoms with Gasteiger partial charge in [-0.1, -0.05) is 25.0 Å². The Morgan fingerprint density at radius 3 is 2.39 bits per heavy atom. The van der Waals surface area contributed by atoms with Gasteiger partial charge in [0.25, 0.3) is 5.91 Å². The molecular formula is C17H19FN4O. The van der Waals surface area contributed by atoms with Crippen LogP contribution in [0.3, 0.4) is 0 Å². The third-order valence-electron chi connectivity index (χ3n) is 3.91. The molecule has 2 heterocycles. The zero-order valence-corrected chi connectivity index (χ0v) is 12.8. The van der Waals surface area contributed by atoms with Crippen molar-refractivity contribution in [2.75, 3.05) is 18.4 Å². The molecule has 120 valence electrons. The van der Waals surface area contributed by atoms with Crippen molar-refractivity contribution in [3.8, 4) is 0 Å². The molecule has 0 aliphatic carbocycles. The molecule has 3 rings (SSSR count). The number of nitrogens with zero attached hydrogens (tertiary/aromatic N) is 3. The normalized spacial score (nSPS) is 15.1. The molecule has 1 N–H and O–H groups in total. The van der Waals surface area contributed by atoms with Crippen LogP contribution in [0, 0.1) is 5.82 Å². The number of carbonyl (C=O) groups is 1. The Balaban J connectivity index is 1.69. The highest BCUT2D eigenvalue weighted by Gasteiger charge is 2.18. The van der Waals surface area contributed by atoms with E-state index < -0.39 is 0 Å². The molecule has 1 aromatic carbocycles. The lowest BCUT2D eigenvalue weighted by atomic mass is 10.2. The maximum atomic E-state index is 13.6. The SMILES string of the molecule is O=C(c1ccc(Nc2ccccc2F)nn1)N1CCCCCC1. The summed E-state index contributed by atoms with van der Waals surface area (Å²) in [6.07, 6.45) is 4.40. The van der Waals surface area contributed by atoms with E-state index in [1.807, 2.05) is 4.90 Å². The van der Waals surface area contributed by atoms with Crippen LogP contribution in [0.15, 0.2) is 36.4 Å². The molecular weight excluding hydrogens is 295 g/mol. The summed E-state index contributed by atoms with van der Waals surface area (Å²) in [6.45, 7) is 1.55. The number of hydrogen-bond acceptors (Lipinski definition) is 4. The number of hydrogen-bond donors (Lipinski definition) is 1.